The van der Waals surface area contributed by atoms with Crippen molar-refractivity contribution in [2.24, 2.45) is 5.92 Å². The zero-order valence-electron chi connectivity index (χ0n) is 12.3. The van der Waals surface area contributed by atoms with Crippen molar-refractivity contribution in [2.75, 3.05) is 6.54 Å². The molecule has 0 radical (unpaired) electrons. The van der Waals surface area contributed by atoms with E-state index in [1.165, 1.54) is 56.9 Å². The predicted molar refractivity (Wildman–Crippen MR) is 81.4 cm³/mol. The molecule has 0 amide bonds. The molecule has 1 atom stereocenters. The van der Waals surface area contributed by atoms with Crippen molar-refractivity contribution in [3.8, 4) is 0 Å². The van der Waals surface area contributed by atoms with Gasteiger partial charge >= 0.3 is 0 Å². The Morgan fingerprint density at radius 3 is 2.45 bits per heavy atom. The first-order valence-electron chi connectivity index (χ1n) is 8.32. The first kappa shape index (κ1) is 14.1. The lowest BCUT2D eigenvalue weighted by Gasteiger charge is -2.27. The smallest absolute Gasteiger partial charge is 0.123 e. The zero-order chi connectivity index (χ0) is 13.8. The molecular formula is C18H26FN. The monoisotopic (exact) mass is 275 g/mol. The van der Waals surface area contributed by atoms with Crippen LogP contribution in [0.5, 0.6) is 0 Å². The summed E-state index contributed by atoms with van der Waals surface area (Å²) in [7, 11) is 0. The zero-order valence-corrected chi connectivity index (χ0v) is 12.3. The Kier molecular flexibility index (Phi) is 4.72. The fraction of sp³-hybridized carbons (Fsp3) is 0.667. The Morgan fingerprint density at radius 2 is 1.80 bits per heavy atom. The number of rotatable bonds is 5. The Morgan fingerprint density at radius 1 is 1.05 bits per heavy atom. The van der Waals surface area contributed by atoms with Crippen molar-refractivity contribution >= 4 is 0 Å². The summed E-state index contributed by atoms with van der Waals surface area (Å²) in [4.78, 5) is 0. The lowest BCUT2D eigenvalue weighted by molar-refractivity contribution is 0.359. The minimum Gasteiger partial charge on any atom is -0.313 e. The minimum atomic E-state index is -0.0902. The van der Waals surface area contributed by atoms with Crippen LogP contribution in [0, 0.1) is 11.7 Å². The normalized spacial score (nSPS) is 22.4. The summed E-state index contributed by atoms with van der Waals surface area (Å²) in [5, 5.41) is 3.67. The second-order valence-corrected chi connectivity index (χ2v) is 6.60. The predicted octanol–water partition coefficient (Wildman–Crippen LogP) is 4.63. The molecule has 1 unspecified atom stereocenters. The molecule has 110 valence electrons. The second-order valence-electron chi connectivity index (χ2n) is 6.60. The lowest BCUT2D eigenvalue weighted by atomic mass is 9.81. The van der Waals surface area contributed by atoms with Crippen LogP contribution in [0.1, 0.15) is 62.8 Å². The maximum atomic E-state index is 13.6. The van der Waals surface area contributed by atoms with Crippen LogP contribution in [0.3, 0.4) is 0 Å². The summed E-state index contributed by atoms with van der Waals surface area (Å²) >= 11 is 0. The van der Waals surface area contributed by atoms with Crippen LogP contribution in [-0.4, -0.2) is 12.6 Å². The van der Waals surface area contributed by atoms with Crippen LogP contribution in [0.2, 0.25) is 0 Å². The van der Waals surface area contributed by atoms with Gasteiger partial charge in [-0.15, -0.1) is 0 Å². The molecule has 2 heteroatoms. The Hall–Kier alpha value is -0.890. The van der Waals surface area contributed by atoms with Gasteiger partial charge < -0.3 is 5.32 Å². The van der Waals surface area contributed by atoms with Gasteiger partial charge in [0.15, 0.2) is 0 Å². The Labute approximate surface area is 122 Å². The molecule has 1 aromatic carbocycles. The average molecular weight is 275 g/mol. The van der Waals surface area contributed by atoms with Gasteiger partial charge in [0, 0.05) is 12.6 Å². The second kappa shape index (κ2) is 6.71. The molecule has 2 saturated carbocycles. The summed E-state index contributed by atoms with van der Waals surface area (Å²) in [6, 6.07) is 8.03. The van der Waals surface area contributed by atoms with Crippen LogP contribution in [0.25, 0.3) is 0 Å². The molecule has 2 aliphatic rings. The molecule has 1 aromatic rings. The molecule has 20 heavy (non-hydrogen) atoms. The molecule has 1 N–H and O–H groups in total. The van der Waals surface area contributed by atoms with E-state index in [1.54, 1.807) is 12.1 Å². The maximum absolute atomic E-state index is 13.6. The number of hydrogen-bond acceptors (Lipinski definition) is 1. The molecule has 0 aromatic heterocycles. The minimum absolute atomic E-state index is 0.0902. The van der Waals surface area contributed by atoms with Crippen molar-refractivity contribution in [3.05, 3.63) is 35.6 Å². The molecule has 0 saturated heterocycles. The van der Waals surface area contributed by atoms with Gasteiger partial charge in [-0.3, -0.25) is 0 Å². The molecule has 2 fully saturated rings. The van der Waals surface area contributed by atoms with Crippen molar-refractivity contribution < 1.29 is 4.39 Å². The van der Waals surface area contributed by atoms with E-state index in [-0.39, 0.29) is 5.82 Å². The fourth-order valence-corrected chi connectivity index (χ4v) is 3.59. The number of nitrogens with one attached hydrogen (secondary N) is 1. The summed E-state index contributed by atoms with van der Waals surface area (Å²) < 4.78 is 13.6. The molecule has 0 aliphatic heterocycles. The quantitative estimate of drug-likeness (QED) is 0.772. The summed E-state index contributed by atoms with van der Waals surface area (Å²) in [5.41, 5.74) is 1.20. The van der Waals surface area contributed by atoms with Crippen LogP contribution < -0.4 is 5.32 Å². The van der Waals surface area contributed by atoms with Crippen LogP contribution >= 0.6 is 0 Å². The van der Waals surface area contributed by atoms with Gasteiger partial charge in [-0.2, -0.15) is 0 Å². The largest absolute Gasteiger partial charge is 0.313 e. The van der Waals surface area contributed by atoms with Gasteiger partial charge in [-0.05, 0) is 55.2 Å². The summed E-state index contributed by atoms with van der Waals surface area (Å²) in [5.74, 6) is 1.13. The lowest BCUT2D eigenvalue weighted by Crippen LogP contribution is -2.28. The standard InChI is InChI=1S/C18H26FN/c19-16-9-5-8-15(12-16)18(13-20-17-10-11-17)14-6-3-1-2-4-7-14/h5,8-9,12,14,17-18,20H,1-4,6-7,10-11,13H2. The van der Waals surface area contributed by atoms with E-state index in [1.807, 2.05) is 6.07 Å². The molecule has 0 spiro atoms. The SMILES string of the molecule is Fc1cccc(C(CNC2CC2)C2CCCCCC2)c1. The third-order valence-corrected chi connectivity index (χ3v) is 4.95. The molecule has 2 aliphatic carbocycles. The van der Waals surface area contributed by atoms with Crippen LogP contribution in [0.4, 0.5) is 4.39 Å². The van der Waals surface area contributed by atoms with E-state index >= 15 is 0 Å². The van der Waals surface area contributed by atoms with E-state index in [2.05, 4.69) is 11.4 Å². The van der Waals surface area contributed by atoms with Gasteiger partial charge in [-0.25, -0.2) is 4.39 Å². The van der Waals surface area contributed by atoms with Gasteiger partial charge in [0.25, 0.3) is 0 Å². The first-order valence-corrected chi connectivity index (χ1v) is 8.32. The van der Waals surface area contributed by atoms with Gasteiger partial charge in [0.05, 0.1) is 0 Å². The molecule has 0 bridgehead atoms. The highest BCUT2D eigenvalue weighted by Crippen LogP contribution is 2.35. The van der Waals surface area contributed by atoms with E-state index in [9.17, 15) is 4.39 Å². The van der Waals surface area contributed by atoms with E-state index in [0.29, 0.717) is 5.92 Å². The summed E-state index contributed by atoms with van der Waals surface area (Å²) in [6.45, 7) is 1.03. The summed E-state index contributed by atoms with van der Waals surface area (Å²) in [6.07, 6.45) is 10.7. The number of hydrogen-bond donors (Lipinski definition) is 1. The highest BCUT2D eigenvalue weighted by Gasteiger charge is 2.27. The van der Waals surface area contributed by atoms with Crippen molar-refractivity contribution in [1.82, 2.24) is 5.32 Å². The number of benzene rings is 1. The van der Waals surface area contributed by atoms with Crippen molar-refractivity contribution in [1.29, 1.82) is 0 Å². The molecule has 3 rings (SSSR count). The third kappa shape index (κ3) is 3.82. The highest BCUT2D eigenvalue weighted by molar-refractivity contribution is 5.22. The number of halogens is 1. The first-order chi connectivity index (χ1) is 9.83. The topological polar surface area (TPSA) is 12.0 Å². The molecular weight excluding hydrogens is 249 g/mol. The van der Waals surface area contributed by atoms with E-state index in [4.69, 9.17) is 0 Å². The third-order valence-electron chi connectivity index (χ3n) is 4.95. The highest BCUT2D eigenvalue weighted by atomic mass is 19.1. The van der Waals surface area contributed by atoms with Gasteiger partial charge in [0.2, 0.25) is 0 Å². The van der Waals surface area contributed by atoms with Crippen molar-refractivity contribution in [3.63, 3.8) is 0 Å². The molecule has 1 nitrogen and oxygen atoms in total. The van der Waals surface area contributed by atoms with Gasteiger partial charge in [0.1, 0.15) is 5.82 Å². The van der Waals surface area contributed by atoms with E-state index < -0.39 is 0 Å². The average Bonchev–Trinajstić information content (AvgIpc) is 3.26. The van der Waals surface area contributed by atoms with Crippen LogP contribution in [-0.2, 0) is 0 Å². The molecule has 0 heterocycles. The maximum Gasteiger partial charge on any atom is 0.123 e. The fourth-order valence-electron chi connectivity index (χ4n) is 3.59. The van der Waals surface area contributed by atoms with Crippen LogP contribution in [0.15, 0.2) is 24.3 Å². The Balaban J connectivity index is 1.73. The van der Waals surface area contributed by atoms with E-state index in [0.717, 1.165) is 18.5 Å². The van der Waals surface area contributed by atoms with Crippen molar-refractivity contribution in [2.45, 2.75) is 63.3 Å². The van der Waals surface area contributed by atoms with Gasteiger partial charge in [-0.1, -0.05) is 37.8 Å². The Bertz CT molecular complexity index is 419.